The minimum Gasteiger partial charge on any atom is -0.382 e. The molecule has 2 aliphatic rings. The molecule has 2 rings (SSSR count). The summed E-state index contributed by atoms with van der Waals surface area (Å²) in [6.45, 7) is 5.04. The third kappa shape index (κ3) is 3.55. The van der Waals surface area contributed by atoms with Crippen LogP contribution in [0.25, 0.3) is 0 Å². The number of carbonyl (C=O) groups excluding carboxylic acids is 2. The third-order valence-corrected chi connectivity index (χ3v) is 4.27. The van der Waals surface area contributed by atoms with Gasteiger partial charge in [-0.1, -0.05) is 6.92 Å². The van der Waals surface area contributed by atoms with Crippen LogP contribution in [0, 0.1) is 0 Å². The van der Waals surface area contributed by atoms with E-state index in [1.165, 1.54) is 0 Å². The molecule has 2 saturated heterocycles. The standard InChI is InChI=1S/C15H26N2O4/c1-3-12-14(18)17-7-4-6-13(17)15(19)16(12)8-5-9-21-11-10-20-2/h12-13H,3-11H2,1-2H3. The lowest BCUT2D eigenvalue weighted by Crippen LogP contribution is -2.62. The number of nitrogens with zero attached hydrogens (tertiary/aromatic N) is 2. The fourth-order valence-corrected chi connectivity index (χ4v) is 3.20. The molecule has 0 N–H and O–H groups in total. The van der Waals surface area contributed by atoms with Crippen LogP contribution in [0.15, 0.2) is 0 Å². The molecule has 6 heteroatoms. The summed E-state index contributed by atoms with van der Waals surface area (Å²) in [5, 5.41) is 0. The molecular weight excluding hydrogens is 272 g/mol. The average molecular weight is 298 g/mol. The van der Waals surface area contributed by atoms with Gasteiger partial charge in [0.2, 0.25) is 11.8 Å². The highest BCUT2D eigenvalue weighted by Gasteiger charge is 2.46. The van der Waals surface area contributed by atoms with Crippen LogP contribution in [0.4, 0.5) is 0 Å². The lowest BCUT2D eigenvalue weighted by molar-refractivity contribution is -0.159. The summed E-state index contributed by atoms with van der Waals surface area (Å²) in [6.07, 6.45) is 3.18. The van der Waals surface area contributed by atoms with Crippen molar-refractivity contribution in [1.29, 1.82) is 0 Å². The van der Waals surface area contributed by atoms with E-state index in [0.29, 0.717) is 32.8 Å². The summed E-state index contributed by atoms with van der Waals surface area (Å²) in [5.74, 6) is 0.246. The number of amides is 2. The lowest BCUT2D eigenvalue weighted by Gasteiger charge is -2.42. The van der Waals surface area contributed by atoms with Crippen LogP contribution >= 0.6 is 0 Å². The molecule has 2 amide bonds. The Bertz CT molecular complexity index is 375. The Hall–Kier alpha value is -1.14. The Kier molecular flexibility index (Phi) is 5.99. The number of methoxy groups -OCH3 is 1. The van der Waals surface area contributed by atoms with Crippen molar-refractivity contribution < 1.29 is 19.1 Å². The minimum atomic E-state index is -0.286. The molecule has 0 aromatic carbocycles. The van der Waals surface area contributed by atoms with Gasteiger partial charge in [-0.05, 0) is 25.7 Å². The Morgan fingerprint density at radius 2 is 2.00 bits per heavy atom. The number of hydrogen-bond donors (Lipinski definition) is 0. The topological polar surface area (TPSA) is 59.1 Å². The molecule has 2 unspecified atom stereocenters. The maximum absolute atomic E-state index is 12.6. The fraction of sp³-hybridized carbons (Fsp3) is 0.867. The van der Waals surface area contributed by atoms with E-state index in [1.54, 1.807) is 16.9 Å². The number of hydrogen-bond acceptors (Lipinski definition) is 4. The molecule has 2 fully saturated rings. The molecule has 2 atom stereocenters. The van der Waals surface area contributed by atoms with E-state index in [0.717, 1.165) is 25.8 Å². The Balaban J connectivity index is 1.87. The van der Waals surface area contributed by atoms with Crippen LogP contribution in [-0.2, 0) is 19.1 Å². The second-order valence-corrected chi connectivity index (χ2v) is 5.60. The zero-order valence-electron chi connectivity index (χ0n) is 13.0. The Labute approximate surface area is 126 Å². The van der Waals surface area contributed by atoms with Crippen molar-refractivity contribution in [2.24, 2.45) is 0 Å². The summed E-state index contributed by atoms with van der Waals surface area (Å²) in [5.41, 5.74) is 0. The van der Waals surface area contributed by atoms with Gasteiger partial charge in [0.25, 0.3) is 0 Å². The van der Waals surface area contributed by atoms with Crippen LogP contribution in [0.3, 0.4) is 0 Å². The highest BCUT2D eigenvalue weighted by Crippen LogP contribution is 2.28. The van der Waals surface area contributed by atoms with Gasteiger partial charge in [0, 0.05) is 26.8 Å². The first-order valence-corrected chi connectivity index (χ1v) is 7.88. The number of fused-ring (bicyclic) bond motifs is 1. The second kappa shape index (κ2) is 7.75. The van der Waals surface area contributed by atoms with Gasteiger partial charge in [-0.15, -0.1) is 0 Å². The van der Waals surface area contributed by atoms with E-state index in [1.807, 2.05) is 6.92 Å². The van der Waals surface area contributed by atoms with E-state index in [2.05, 4.69) is 0 Å². The monoisotopic (exact) mass is 298 g/mol. The molecule has 0 aliphatic carbocycles. The van der Waals surface area contributed by atoms with Crippen molar-refractivity contribution >= 4 is 11.8 Å². The van der Waals surface area contributed by atoms with Crippen LogP contribution in [-0.4, -0.2) is 73.7 Å². The predicted octanol–water partition coefficient (Wildman–Crippen LogP) is 0.651. The molecule has 0 aromatic heterocycles. The van der Waals surface area contributed by atoms with E-state index in [9.17, 15) is 9.59 Å². The van der Waals surface area contributed by atoms with Crippen LogP contribution < -0.4 is 0 Å². The molecule has 21 heavy (non-hydrogen) atoms. The van der Waals surface area contributed by atoms with Crippen molar-refractivity contribution in [3.05, 3.63) is 0 Å². The van der Waals surface area contributed by atoms with E-state index >= 15 is 0 Å². The zero-order valence-corrected chi connectivity index (χ0v) is 13.0. The van der Waals surface area contributed by atoms with Crippen LogP contribution in [0.5, 0.6) is 0 Å². The second-order valence-electron chi connectivity index (χ2n) is 5.60. The quantitative estimate of drug-likeness (QED) is 0.617. The molecule has 0 bridgehead atoms. The lowest BCUT2D eigenvalue weighted by atomic mass is 10.0. The number of carbonyl (C=O) groups is 2. The molecule has 0 radical (unpaired) electrons. The van der Waals surface area contributed by atoms with Gasteiger partial charge < -0.3 is 19.3 Å². The molecule has 2 heterocycles. The molecule has 0 spiro atoms. The van der Waals surface area contributed by atoms with E-state index in [4.69, 9.17) is 9.47 Å². The SMILES string of the molecule is CCC1C(=O)N2CCCC2C(=O)N1CCCOCCOC. The van der Waals surface area contributed by atoms with Gasteiger partial charge in [-0.25, -0.2) is 0 Å². The van der Waals surface area contributed by atoms with Gasteiger partial charge in [0.05, 0.1) is 13.2 Å². The zero-order chi connectivity index (χ0) is 15.2. The van der Waals surface area contributed by atoms with Crippen molar-refractivity contribution in [2.45, 2.75) is 44.7 Å². The highest BCUT2D eigenvalue weighted by atomic mass is 16.5. The Morgan fingerprint density at radius 1 is 1.19 bits per heavy atom. The van der Waals surface area contributed by atoms with E-state index in [-0.39, 0.29) is 23.9 Å². The molecule has 0 aromatic rings. The van der Waals surface area contributed by atoms with Crippen LogP contribution in [0.2, 0.25) is 0 Å². The first kappa shape index (κ1) is 16.2. The van der Waals surface area contributed by atoms with Crippen molar-refractivity contribution in [3.63, 3.8) is 0 Å². The number of piperazine rings is 1. The van der Waals surface area contributed by atoms with Gasteiger partial charge in [-0.3, -0.25) is 9.59 Å². The predicted molar refractivity (Wildman–Crippen MR) is 77.8 cm³/mol. The summed E-state index contributed by atoms with van der Waals surface area (Å²) >= 11 is 0. The van der Waals surface area contributed by atoms with E-state index < -0.39 is 0 Å². The summed E-state index contributed by atoms with van der Waals surface area (Å²) in [7, 11) is 1.64. The first-order valence-electron chi connectivity index (χ1n) is 7.88. The molecule has 6 nitrogen and oxygen atoms in total. The van der Waals surface area contributed by atoms with Crippen molar-refractivity contribution in [3.8, 4) is 0 Å². The van der Waals surface area contributed by atoms with Crippen molar-refractivity contribution in [1.82, 2.24) is 9.80 Å². The van der Waals surface area contributed by atoms with Gasteiger partial charge in [-0.2, -0.15) is 0 Å². The smallest absolute Gasteiger partial charge is 0.246 e. The largest absolute Gasteiger partial charge is 0.382 e. The number of rotatable bonds is 8. The first-order chi connectivity index (χ1) is 10.2. The molecule has 120 valence electrons. The molecule has 0 saturated carbocycles. The van der Waals surface area contributed by atoms with Crippen molar-refractivity contribution in [2.75, 3.05) is 40.0 Å². The summed E-state index contributed by atoms with van der Waals surface area (Å²) in [6, 6.07) is -0.500. The third-order valence-electron chi connectivity index (χ3n) is 4.27. The Morgan fingerprint density at radius 3 is 2.71 bits per heavy atom. The fourth-order valence-electron chi connectivity index (χ4n) is 3.20. The maximum atomic E-state index is 12.6. The maximum Gasteiger partial charge on any atom is 0.246 e. The van der Waals surface area contributed by atoms with Crippen LogP contribution in [0.1, 0.15) is 32.6 Å². The minimum absolute atomic E-state index is 0.121. The van der Waals surface area contributed by atoms with Gasteiger partial charge in [0.1, 0.15) is 12.1 Å². The number of ether oxygens (including phenoxy) is 2. The summed E-state index contributed by atoms with van der Waals surface area (Å²) in [4.78, 5) is 28.6. The average Bonchev–Trinajstić information content (AvgIpc) is 2.97. The molecule has 2 aliphatic heterocycles. The van der Waals surface area contributed by atoms with Gasteiger partial charge in [0.15, 0.2) is 0 Å². The highest BCUT2D eigenvalue weighted by molar-refractivity contribution is 5.97. The van der Waals surface area contributed by atoms with Gasteiger partial charge >= 0.3 is 0 Å². The summed E-state index contributed by atoms with van der Waals surface area (Å²) < 4.78 is 10.3. The normalized spacial score (nSPS) is 25.6. The molecular formula is C15H26N2O4.